The van der Waals surface area contributed by atoms with Gasteiger partial charge in [-0.15, -0.1) is 0 Å². The lowest BCUT2D eigenvalue weighted by Gasteiger charge is -2.06. The summed E-state index contributed by atoms with van der Waals surface area (Å²) in [5.74, 6) is 0.385. The number of hydrogen-bond donors (Lipinski definition) is 0. The molecule has 0 unspecified atom stereocenters. The monoisotopic (exact) mass is 231 g/mol. The Kier molecular flexibility index (Phi) is 3.23. The van der Waals surface area contributed by atoms with Gasteiger partial charge in [-0.3, -0.25) is 4.98 Å². The van der Waals surface area contributed by atoms with Gasteiger partial charge in [0.2, 0.25) is 0 Å². The summed E-state index contributed by atoms with van der Waals surface area (Å²) in [6.07, 6.45) is 1.59. The molecule has 1 aromatic carbocycles. The second kappa shape index (κ2) is 4.82. The third-order valence-corrected chi connectivity index (χ3v) is 2.45. The van der Waals surface area contributed by atoms with Crippen LogP contribution in [0.4, 0.5) is 0 Å². The molecular formula is C13H13NO3. The van der Waals surface area contributed by atoms with E-state index < -0.39 is 0 Å². The predicted molar refractivity (Wildman–Crippen MR) is 64.3 cm³/mol. The number of benzene rings is 1. The number of hydrogen-bond acceptors (Lipinski definition) is 4. The summed E-state index contributed by atoms with van der Waals surface area (Å²) in [6, 6.07) is 7.06. The van der Waals surface area contributed by atoms with Crippen LogP contribution in [0, 0.1) is 0 Å². The summed E-state index contributed by atoms with van der Waals surface area (Å²) in [6.45, 7) is 2.14. The van der Waals surface area contributed by atoms with Gasteiger partial charge in [0.1, 0.15) is 5.75 Å². The molecule has 0 amide bonds. The molecule has 0 saturated heterocycles. The second-order valence-electron chi connectivity index (χ2n) is 3.46. The van der Waals surface area contributed by atoms with Gasteiger partial charge in [-0.25, -0.2) is 4.79 Å². The Morgan fingerprint density at radius 2 is 2.18 bits per heavy atom. The van der Waals surface area contributed by atoms with Gasteiger partial charge in [-0.1, -0.05) is 0 Å². The fourth-order valence-electron chi connectivity index (χ4n) is 1.64. The zero-order valence-electron chi connectivity index (χ0n) is 9.77. The highest BCUT2D eigenvalue weighted by molar-refractivity contribution is 6.03. The van der Waals surface area contributed by atoms with Crippen molar-refractivity contribution in [3.05, 3.63) is 36.0 Å². The first-order valence-corrected chi connectivity index (χ1v) is 5.36. The molecule has 0 fully saturated rings. The topological polar surface area (TPSA) is 48.4 Å². The molecule has 0 N–H and O–H groups in total. The van der Waals surface area contributed by atoms with Crippen molar-refractivity contribution in [2.75, 3.05) is 13.7 Å². The van der Waals surface area contributed by atoms with Crippen LogP contribution in [0.2, 0.25) is 0 Å². The molecule has 0 aliphatic rings. The van der Waals surface area contributed by atoms with Crippen LogP contribution >= 0.6 is 0 Å². The van der Waals surface area contributed by atoms with E-state index in [-0.39, 0.29) is 5.97 Å². The minimum absolute atomic E-state index is 0.329. The van der Waals surface area contributed by atoms with Crippen molar-refractivity contribution in [2.45, 2.75) is 6.92 Å². The number of carbonyl (C=O) groups is 1. The van der Waals surface area contributed by atoms with Crippen LogP contribution in [-0.2, 0) is 4.74 Å². The molecule has 0 spiro atoms. The number of pyridine rings is 1. The first-order valence-electron chi connectivity index (χ1n) is 5.36. The highest BCUT2D eigenvalue weighted by Crippen LogP contribution is 2.22. The lowest BCUT2D eigenvalue weighted by Crippen LogP contribution is -2.05. The number of carbonyl (C=O) groups excluding carboxylic acids is 1. The van der Waals surface area contributed by atoms with Crippen LogP contribution in [0.25, 0.3) is 10.9 Å². The number of fused-ring (bicyclic) bond motifs is 1. The SMILES string of the molecule is CCOC(=O)c1ccnc2cc(OC)ccc12. The smallest absolute Gasteiger partial charge is 0.338 e. The molecule has 0 radical (unpaired) electrons. The number of esters is 1. The second-order valence-corrected chi connectivity index (χ2v) is 3.46. The van der Waals surface area contributed by atoms with Gasteiger partial charge >= 0.3 is 5.97 Å². The quantitative estimate of drug-likeness (QED) is 0.761. The molecule has 0 atom stereocenters. The maximum Gasteiger partial charge on any atom is 0.338 e. The lowest BCUT2D eigenvalue weighted by atomic mass is 10.1. The molecule has 88 valence electrons. The van der Waals surface area contributed by atoms with Gasteiger partial charge < -0.3 is 9.47 Å². The Balaban J connectivity index is 2.54. The Morgan fingerprint density at radius 3 is 2.88 bits per heavy atom. The lowest BCUT2D eigenvalue weighted by molar-refractivity contribution is 0.0528. The fraction of sp³-hybridized carbons (Fsp3) is 0.231. The van der Waals surface area contributed by atoms with Crippen LogP contribution in [0.15, 0.2) is 30.5 Å². The highest BCUT2D eigenvalue weighted by atomic mass is 16.5. The van der Waals surface area contributed by atoms with Crippen molar-refractivity contribution in [3.63, 3.8) is 0 Å². The molecule has 1 aromatic heterocycles. The largest absolute Gasteiger partial charge is 0.497 e. The van der Waals surface area contributed by atoms with Gasteiger partial charge in [-0.05, 0) is 25.1 Å². The Labute approximate surface area is 99.2 Å². The molecular weight excluding hydrogens is 218 g/mol. The first-order chi connectivity index (χ1) is 8.26. The summed E-state index contributed by atoms with van der Waals surface area (Å²) in [5, 5.41) is 0.770. The molecule has 2 aromatic rings. The normalized spacial score (nSPS) is 10.2. The third-order valence-electron chi connectivity index (χ3n) is 2.45. The molecule has 2 rings (SSSR count). The van der Waals surface area contributed by atoms with Gasteiger partial charge in [0.25, 0.3) is 0 Å². The molecule has 17 heavy (non-hydrogen) atoms. The van der Waals surface area contributed by atoms with Crippen LogP contribution in [0.3, 0.4) is 0 Å². The van der Waals surface area contributed by atoms with Crippen molar-refractivity contribution in [1.82, 2.24) is 4.98 Å². The molecule has 1 heterocycles. The van der Waals surface area contributed by atoms with E-state index in [1.807, 2.05) is 6.07 Å². The van der Waals surface area contributed by atoms with E-state index in [1.54, 1.807) is 38.4 Å². The van der Waals surface area contributed by atoms with Gasteiger partial charge in [-0.2, -0.15) is 0 Å². The minimum Gasteiger partial charge on any atom is -0.497 e. The summed E-state index contributed by atoms with van der Waals surface area (Å²) in [5.41, 5.74) is 1.24. The molecule has 0 saturated carbocycles. The number of aromatic nitrogens is 1. The number of nitrogens with zero attached hydrogens (tertiary/aromatic N) is 1. The van der Waals surface area contributed by atoms with Crippen LogP contribution in [0.5, 0.6) is 5.75 Å². The predicted octanol–water partition coefficient (Wildman–Crippen LogP) is 2.42. The van der Waals surface area contributed by atoms with Crippen molar-refractivity contribution in [3.8, 4) is 5.75 Å². The first kappa shape index (κ1) is 11.4. The van der Waals surface area contributed by atoms with E-state index in [0.717, 1.165) is 10.9 Å². The van der Waals surface area contributed by atoms with Gasteiger partial charge in [0.05, 0.1) is 24.8 Å². The van der Waals surface area contributed by atoms with Crippen LogP contribution in [-0.4, -0.2) is 24.7 Å². The summed E-state index contributed by atoms with van der Waals surface area (Å²) in [4.78, 5) is 15.9. The maximum atomic E-state index is 11.7. The molecule has 4 heteroatoms. The standard InChI is InChI=1S/C13H13NO3/c1-3-17-13(15)11-6-7-14-12-8-9(16-2)4-5-10(11)12/h4-8H,3H2,1-2H3. The van der Waals surface area contributed by atoms with Crippen molar-refractivity contribution < 1.29 is 14.3 Å². The summed E-state index contributed by atoms with van der Waals surface area (Å²) in [7, 11) is 1.59. The molecule has 0 bridgehead atoms. The zero-order valence-corrected chi connectivity index (χ0v) is 9.77. The summed E-state index contributed by atoms with van der Waals surface area (Å²) >= 11 is 0. The van der Waals surface area contributed by atoms with Crippen LogP contribution < -0.4 is 4.74 Å². The van der Waals surface area contributed by atoms with E-state index in [0.29, 0.717) is 17.9 Å². The zero-order chi connectivity index (χ0) is 12.3. The van der Waals surface area contributed by atoms with Crippen molar-refractivity contribution >= 4 is 16.9 Å². The molecule has 4 nitrogen and oxygen atoms in total. The molecule has 0 aliphatic heterocycles. The Hall–Kier alpha value is -2.10. The van der Waals surface area contributed by atoms with E-state index in [1.165, 1.54) is 0 Å². The third kappa shape index (κ3) is 2.20. The Morgan fingerprint density at radius 1 is 1.35 bits per heavy atom. The fourth-order valence-corrected chi connectivity index (χ4v) is 1.64. The average molecular weight is 231 g/mol. The number of rotatable bonds is 3. The van der Waals surface area contributed by atoms with E-state index in [4.69, 9.17) is 9.47 Å². The van der Waals surface area contributed by atoms with E-state index in [9.17, 15) is 4.79 Å². The van der Waals surface area contributed by atoms with Gasteiger partial charge in [0.15, 0.2) is 0 Å². The van der Waals surface area contributed by atoms with Crippen LogP contribution in [0.1, 0.15) is 17.3 Å². The number of ether oxygens (including phenoxy) is 2. The average Bonchev–Trinajstić information content (AvgIpc) is 2.37. The van der Waals surface area contributed by atoms with E-state index in [2.05, 4.69) is 4.98 Å². The van der Waals surface area contributed by atoms with E-state index >= 15 is 0 Å². The number of methoxy groups -OCH3 is 1. The van der Waals surface area contributed by atoms with Crippen molar-refractivity contribution in [2.24, 2.45) is 0 Å². The van der Waals surface area contributed by atoms with Crippen molar-refractivity contribution in [1.29, 1.82) is 0 Å². The summed E-state index contributed by atoms with van der Waals surface area (Å²) < 4.78 is 10.1. The van der Waals surface area contributed by atoms with Gasteiger partial charge in [0, 0.05) is 17.6 Å². The Bertz CT molecular complexity index is 551. The maximum absolute atomic E-state index is 11.7. The molecule has 0 aliphatic carbocycles. The minimum atomic E-state index is -0.329. The highest BCUT2D eigenvalue weighted by Gasteiger charge is 2.11.